The summed E-state index contributed by atoms with van der Waals surface area (Å²) in [4.78, 5) is 0. The fourth-order valence-corrected chi connectivity index (χ4v) is 1.19. The summed E-state index contributed by atoms with van der Waals surface area (Å²) in [6.45, 7) is 2.23. The van der Waals surface area contributed by atoms with E-state index in [1.54, 1.807) is 22.5 Å². The fraction of sp³-hybridized carbons (Fsp3) is 1.00. The summed E-state index contributed by atoms with van der Waals surface area (Å²) >= 11 is 1.68. The largest absolute Gasteiger partial charge is 0 e. The zero-order valence-corrected chi connectivity index (χ0v) is 9.39. The molecule has 0 aromatic rings. The van der Waals surface area contributed by atoms with Gasteiger partial charge in [0.2, 0.25) is 0 Å². The smallest absolute Gasteiger partial charge is 0 e. The van der Waals surface area contributed by atoms with Crippen LogP contribution < -0.4 is 0 Å². The van der Waals surface area contributed by atoms with Crippen molar-refractivity contribution in [3.63, 3.8) is 0 Å². The Balaban J connectivity index is 0. The SMILES string of the molecule is CCC[CH2][Sn].[Ca]. The summed E-state index contributed by atoms with van der Waals surface area (Å²) in [6, 6.07) is 0. The maximum atomic E-state index is 2.23. The van der Waals surface area contributed by atoms with Crippen LogP contribution >= 0.6 is 0 Å². The molecule has 6 heavy (non-hydrogen) atoms. The van der Waals surface area contributed by atoms with Gasteiger partial charge in [0.05, 0.1) is 0 Å². The first-order chi connectivity index (χ1) is 2.41. The molecule has 0 aliphatic carbocycles. The van der Waals surface area contributed by atoms with Crippen LogP contribution in [0, 0.1) is 0 Å². The van der Waals surface area contributed by atoms with Gasteiger partial charge in [-0.2, -0.15) is 0 Å². The van der Waals surface area contributed by atoms with E-state index in [4.69, 9.17) is 0 Å². The van der Waals surface area contributed by atoms with Gasteiger partial charge in [-0.25, -0.2) is 0 Å². The van der Waals surface area contributed by atoms with Crippen LogP contribution in [0.4, 0.5) is 0 Å². The molecule has 0 aromatic carbocycles. The first-order valence-electron chi connectivity index (χ1n) is 2.06. The summed E-state index contributed by atoms with van der Waals surface area (Å²) in [5.74, 6) is 0. The van der Waals surface area contributed by atoms with Gasteiger partial charge in [-0.15, -0.1) is 0 Å². The molecule has 2 heteroatoms. The summed E-state index contributed by atoms with van der Waals surface area (Å²) in [5, 5.41) is 0. The third-order valence-corrected chi connectivity index (χ3v) is 1.54. The summed E-state index contributed by atoms with van der Waals surface area (Å²) in [5.41, 5.74) is 0. The Morgan fingerprint density at radius 1 is 1.50 bits per heavy atom. The average Bonchev–Trinajstić information content (AvgIpc) is 1.41. The summed E-state index contributed by atoms with van der Waals surface area (Å²) in [6.07, 6.45) is 2.80. The van der Waals surface area contributed by atoms with Gasteiger partial charge in [-0.05, 0) is 0 Å². The zero-order valence-electron chi connectivity index (χ0n) is 4.33. The van der Waals surface area contributed by atoms with E-state index in [9.17, 15) is 0 Å². The molecule has 0 heterocycles. The Kier molecular flexibility index (Phi) is 18.5. The third kappa shape index (κ3) is 9.41. The van der Waals surface area contributed by atoms with Gasteiger partial charge in [-0.1, -0.05) is 0 Å². The molecule has 31 valence electrons. The molecular weight excluding hydrogens is 207 g/mol. The Bertz CT molecular complexity index is 15.0. The molecule has 0 saturated carbocycles. The Hall–Kier alpha value is 2.06. The quantitative estimate of drug-likeness (QED) is 0.603. The standard InChI is InChI=1S/C4H9.Ca.Sn/c1-3-4-2;;/h1,3-4H2,2H3;;. The summed E-state index contributed by atoms with van der Waals surface area (Å²) < 4.78 is 1.43. The molecule has 0 fully saturated rings. The minimum absolute atomic E-state index is 0. The minimum Gasteiger partial charge on any atom is 0 e. The van der Waals surface area contributed by atoms with Crippen molar-refractivity contribution < 1.29 is 0 Å². The van der Waals surface area contributed by atoms with Crippen LogP contribution in [0.15, 0.2) is 0 Å². The minimum atomic E-state index is 0. The van der Waals surface area contributed by atoms with E-state index in [1.807, 2.05) is 0 Å². The maximum Gasteiger partial charge on any atom is 0 e. The van der Waals surface area contributed by atoms with E-state index in [-0.39, 0.29) is 37.7 Å². The molecule has 0 rings (SSSR count). The molecule has 0 N–H and O–H groups in total. The molecule has 0 unspecified atom stereocenters. The molecule has 0 saturated heterocycles. The van der Waals surface area contributed by atoms with Gasteiger partial charge < -0.3 is 0 Å². The second-order valence-corrected chi connectivity index (χ2v) is 2.53. The van der Waals surface area contributed by atoms with Crippen molar-refractivity contribution in [2.75, 3.05) is 0 Å². The number of hydrogen-bond acceptors (Lipinski definition) is 0. The topological polar surface area (TPSA) is 0 Å². The zero-order chi connectivity index (χ0) is 4.12. The van der Waals surface area contributed by atoms with E-state index in [0.717, 1.165) is 0 Å². The molecule has 0 amide bonds. The fourth-order valence-electron chi connectivity index (χ4n) is 0.177. The number of rotatable bonds is 2. The Labute approximate surface area is 83.2 Å². The Morgan fingerprint density at radius 2 is 2.00 bits per heavy atom. The molecule has 0 aromatic heterocycles. The van der Waals surface area contributed by atoms with Crippen LogP contribution in [0.3, 0.4) is 0 Å². The predicted molar refractivity (Wildman–Crippen MR) is 31.2 cm³/mol. The molecule has 0 atom stereocenters. The van der Waals surface area contributed by atoms with E-state index in [2.05, 4.69) is 6.92 Å². The molecule has 5 radical (unpaired) electrons. The van der Waals surface area contributed by atoms with Crippen molar-refractivity contribution in [2.45, 2.75) is 24.2 Å². The predicted octanol–water partition coefficient (Wildman–Crippen LogP) is 0.992. The van der Waals surface area contributed by atoms with Crippen molar-refractivity contribution in [3.05, 3.63) is 0 Å². The van der Waals surface area contributed by atoms with Crippen molar-refractivity contribution >= 4 is 60.3 Å². The van der Waals surface area contributed by atoms with Gasteiger partial charge in [0, 0.05) is 37.7 Å². The average molecular weight is 216 g/mol. The van der Waals surface area contributed by atoms with Crippen molar-refractivity contribution in [2.24, 2.45) is 0 Å². The van der Waals surface area contributed by atoms with Crippen LogP contribution in [0.5, 0.6) is 0 Å². The van der Waals surface area contributed by atoms with E-state index >= 15 is 0 Å². The second kappa shape index (κ2) is 10.1. The molecule has 0 aliphatic heterocycles. The van der Waals surface area contributed by atoms with Crippen molar-refractivity contribution in [1.29, 1.82) is 0 Å². The summed E-state index contributed by atoms with van der Waals surface area (Å²) in [7, 11) is 0. The van der Waals surface area contributed by atoms with Crippen molar-refractivity contribution in [3.8, 4) is 0 Å². The first kappa shape index (κ1) is 10.9. The molecule has 0 aliphatic rings. The normalized spacial score (nSPS) is 7.00. The third-order valence-electron chi connectivity index (χ3n) is 0.530. The van der Waals surface area contributed by atoms with E-state index in [0.29, 0.717) is 0 Å². The van der Waals surface area contributed by atoms with Gasteiger partial charge in [0.25, 0.3) is 0 Å². The van der Waals surface area contributed by atoms with Gasteiger partial charge >= 0.3 is 46.7 Å². The van der Waals surface area contributed by atoms with Crippen LogP contribution in [0.1, 0.15) is 19.8 Å². The molecule has 0 nitrogen and oxygen atoms in total. The first-order valence-corrected chi connectivity index (χ1v) is 4.08. The van der Waals surface area contributed by atoms with E-state index in [1.165, 1.54) is 17.3 Å². The molecule has 0 bridgehead atoms. The van der Waals surface area contributed by atoms with Gasteiger partial charge in [-0.3, -0.25) is 0 Å². The van der Waals surface area contributed by atoms with Crippen LogP contribution in [-0.2, 0) is 0 Å². The molecule has 0 spiro atoms. The monoisotopic (exact) mass is 217 g/mol. The van der Waals surface area contributed by atoms with Crippen LogP contribution in [0.25, 0.3) is 0 Å². The second-order valence-electron chi connectivity index (χ2n) is 1.10. The van der Waals surface area contributed by atoms with E-state index < -0.39 is 0 Å². The van der Waals surface area contributed by atoms with Crippen LogP contribution in [0.2, 0.25) is 4.44 Å². The number of hydrogen-bond donors (Lipinski definition) is 0. The van der Waals surface area contributed by atoms with Gasteiger partial charge in [0.1, 0.15) is 0 Å². The Morgan fingerprint density at radius 3 is 2.00 bits per heavy atom. The van der Waals surface area contributed by atoms with Gasteiger partial charge in [0.15, 0.2) is 0 Å². The number of unbranched alkanes of at least 4 members (excludes halogenated alkanes) is 1. The maximum absolute atomic E-state index is 2.23. The molecular formula is C4H9CaSn. The van der Waals surface area contributed by atoms with Crippen LogP contribution in [-0.4, -0.2) is 60.3 Å². The van der Waals surface area contributed by atoms with Crippen molar-refractivity contribution in [1.82, 2.24) is 0 Å².